The van der Waals surface area contributed by atoms with Crippen molar-refractivity contribution in [1.29, 1.82) is 0 Å². The zero-order valence-electron chi connectivity index (χ0n) is 15.1. The molecule has 0 atom stereocenters. The van der Waals surface area contributed by atoms with Crippen molar-refractivity contribution in [3.8, 4) is 5.75 Å². The van der Waals surface area contributed by atoms with E-state index < -0.39 is 0 Å². The molecule has 7 heteroatoms. The van der Waals surface area contributed by atoms with Gasteiger partial charge in [0.25, 0.3) is 0 Å². The molecule has 0 spiro atoms. The number of piperidine rings is 1. The average molecular weight is 365 g/mol. The van der Waals surface area contributed by atoms with Gasteiger partial charge in [-0.2, -0.15) is 0 Å². The van der Waals surface area contributed by atoms with Crippen LogP contribution in [0.4, 0.5) is 0 Å². The summed E-state index contributed by atoms with van der Waals surface area (Å²) in [4.78, 5) is 21.9. The highest BCUT2D eigenvalue weighted by molar-refractivity contribution is 5.87. The fourth-order valence-corrected chi connectivity index (χ4v) is 3.61. The third-order valence-electron chi connectivity index (χ3n) is 4.96. The van der Waals surface area contributed by atoms with E-state index in [1.807, 2.05) is 41.1 Å². The van der Waals surface area contributed by atoms with E-state index in [0.717, 1.165) is 54.8 Å². The second-order valence-corrected chi connectivity index (χ2v) is 6.89. The van der Waals surface area contributed by atoms with Gasteiger partial charge in [0.2, 0.25) is 5.91 Å². The van der Waals surface area contributed by atoms with Crippen LogP contribution in [-0.2, 0) is 17.9 Å². The lowest BCUT2D eigenvalue weighted by Crippen LogP contribution is -2.38. The Bertz CT molecular complexity index is 917. The van der Waals surface area contributed by atoms with Crippen LogP contribution >= 0.6 is 0 Å². The Balaban J connectivity index is 1.39. The number of rotatable bonds is 6. The van der Waals surface area contributed by atoms with E-state index in [0.29, 0.717) is 0 Å². The molecule has 0 aliphatic carbocycles. The standard InChI is InChI=1S/C20H23N5O2/c21-20(26)13-25-11-7-17-18(25)2-1-3-19(17)27-16-5-9-24(10-6-16)12-15-4-8-22-14-23-15/h1-4,7-8,11,14,16H,5-6,9-10,12-13H2,(H2,21,26). The molecule has 0 saturated carbocycles. The summed E-state index contributed by atoms with van der Waals surface area (Å²) in [5, 5.41) is 1.02. The number of carbonyl (C=O) groups excluding carboxylic acids is 1. The van der Waals surface area contributed by atoms with Crippen LogP contribution in [0, 0.1) is 0 Å². The highest BCUT2D eigenvalue weighted by atomic mass is 16.5. The summed E-state index contributed by atoms with van der Waals surface area (Å²) in [6.07, 6.45) is 7.40. The predicted octanol–water partition coefficient (Wildman–Crippen LogP) is 1.96. The Labute approximate surface area is 157 Å². The number of amides is 1. The maximum atomic E-state index is 11.2. The Morgan fingerprint density at radius 2 is 2.07 bits per heavy atom. The molecule has 3 heterocycles. The van der Waals surface area contributed by atoms with Gasteiger partial charge in [-0.1, -0.05) is 6.07 Å². The van der Waals surface area contributed by atoms with Crippen LogP contribution in [0.5, 0.6) is 5.75 Å². The summed E-state index contributed by atoms with van der Waals surface area (Å²) in [6, 6.07) is 9.87. The van der Waals surface area contributed by atoms with Crippen molar-refractivity contribution in [1.82, 2.24) is 19.4 Å². The van der Waals surface area contributed by atoms with E-state index in [1.54, 1.807) is 12.5 Å². The number of benzene rings is 1. The largest absolute Gasteiger partial charge is 0.490 e. The highest BCUT2D eigenvalue weighted by Gasteiger charge is 2.21. The minimum atomic E-state index is -0.352. The molecule has 0 unspecified atom stereocenters. The smallest absolute Gasteiger partial charge is 0.237 e. The Hall–Kier alpha value is -2.93. The van der Waals surface area contributed by atoms with Crippen LogP contribution in [0.25, 0.3) is 10.9 Å². The fraction of sp³-hybridized carbons (Fsp3) is 0.350. The number of likely N-dealkylation sites (tertiary alicyclic amines) is 1. The number of ether oxygens (including phenoxy) is 1. The van der Waals surface area contributed by atoms with Crippen molar-refractivity contribution >= 4 is 16.8 Å². The van der Waals surface area contributed by atoms with Gasteiger partial charge in [-0.3, -0.25) is 9.69 Å². The third kappa shape index (κ3) is 4.09. The Morgan fingerprint density at radius 3 is 2.81 bits per heavy atom. The van der Waals surface area contributed by atoms with Crippen LogP contribution in [0.1, 0.15) is 18.5 Å². The summed E-state index contributed by atoms with van der Waals surface area (Å²) in [5.41, 5.74) is 7.34. The Morgan fingerprint density at radius 1 is 1.22 bits per heavy atom. The maximum absolute atomic E-state index is 11.2. The van der Waals surface area contributed by atoms with Crippen molar-refractivity contribution in [2.75, 3.05) is 13.1 Å². The molecule has 7 nitrogen and oxygen atoms in total. The average Bonchev–Trinajstić information content (AvgIpc) is 3.08. The summed E-state index contributed by atoms with van der Waals surface area (Å²) in [6.45, 7) is 2.98. The van der Waals surface area contributed by atoms with Crippen molar-refractivity contribution in [2.45, 2.75) is 32.0 Å². The van der Waals surface area contributed by atoms with Gasteiger partial charge in [0, 0.05) is 37.4 Å². The molecule has 0 bridgehead atoms. The zero-order chi connectivity index (χ0) is 18.6. The first kappa shape index (κ1) is 17.5. The van der Waals surface area contributed by atoms with E-state index in [1.165, 1.54) is 0 Å². The van der Waals surface area contributed by atoms with Gasteiger partial charge in [0.05, 0.1) is 11.2 Å². The lowest BCUT2D eigenvalue weighted by atomic mass is 10.1. The monoisotopic (exact) mass is 365 g/mol. The lowest BCUT2D eigenvalue weighted by molar-refractivity contribution is -0.118. The number of primary amides is 1. The van der Waals surface area contributed by atoms with Gasteiger partial charge < -0.3 is 15.0 Å². The fourth-order valence-electron chi connectivity index (χ4n) is 3.61. The third-order valence-corrected chi connectivity index (χ3v) is 4.96. The van der Waals surface area contributed by atoms with Gasteiger partial charge in [0.15, 0.2) is 0 Å². The predicted molar refractivity (Wildman–Crippen MR) is 102 cm³/mol. The van der Waals surface area contributed by atoms with Crippen LogP contribution < -0.4 is 10.5 Å². The normalized spacial score (nSPS) is 15.9. The summed E-state index contributed by atoms with van der Waals surface area (Å²) < 4.78 is 8.16. The van der Waals surface area contributed by atoms with E-state index in [2.05, 4.69) is 14.9 Å². The van der Waals surface area contributed by atoms with Gasteiger partial charge in [-0.25, -0.2) is 9.97 Å². The van der Waals surface area contributed by atoms with Crippen LogP contribution in [-0.4, -0.2) is 44.5 Å². The first-order valence-electron chi connectivity index (χ1n) is 9.19. The number of fused-ring (bicyclic) bond motifs is 1. The van der Waals surface area contributed by atoms with Crippen molar-refractivity contribution in [3.05, 3.63) is 54.7 Å². The molecule has 27 heavy (non-hydrogen) atoms. The van der Waals surface area contributed by atoms with Gasteiger partial charge >= 0.3 is 0 Å². The van der Waals surface area contributed by atoms with Gasteiger partial charge in [0.1, 0.15) is 24.7 Å². The molecule has 2 aromatic heterocycles. The molecular formula is C20H23N5O2. The molecule has 1 amide bonds. The van der Waals surface area contributed by atoms with Crippen LogP contribution in [0.15, 0.2) is 49.1 Å². The van der Waals surface area contributed by atoms with Crippen molar-refractivity contribution < 1.29 is 9.53 Å². The van der Waals surface area contributed by atoms with E-state index >= 15 is 0 Å². The second kappa shape index (κ2) is 7.75. The first-order valence-corrected chi connectivity index (χ1v) is 9.19. The molecule has 140 valence electrons. The summed E-state index contributed by atoms with van der Waals surface area (Å²) in [5.74, 6) is 0.514. The molecule has 1 fully saturated rings. The molecule has 1 aromatic carbocycles. The first-order chi connectivity index (χ1) is 13.2. The molecule has 0 radical (unpaired) electrons. The van der Waals surface area contributed by atoms with Crippen molar-refractivity contribution in [3.63, 3.8) is 0 Å². The Kier molecular flexibility index (Phi) is 5.02. The minimum Gasteiger partial charge on any atom is -0.490 e. The topological polar surface area (TPSA) is 86.3 Å². The highest BCUT2D eigenvalue weighted by Crippen LogP contribution is 2.29. The zero-order valence-corrected chi connectivity index (χ0v) is 15.1. The SMILES string of the molecule is NC(=O)Cn1ccc2c(OC3CCN(Cc4ccncn4)CC3)cccc21. The molecule has 1 aliphatic rings. The number of aromatic nitrogens is 3. The number of nitrogens with two attached hydrogens (primary N) is 1. The second-order valence-electron chi connectivity index (χ2n) is 6.89. The molecule has 2 N–H and O–H groups in total. The van der Waals surface area contributed by atoms with E-state index in [4.69, 9.17) is 10.5 Å². The molecule has 1 saturated heterocycles. The van der Waals surface area contributed by atoms with E-state index in [9.17, 15) is 4.79 Å². The van der Waals surface area contributed by atoms with Crippen LogP contribution in [0.3, 0.4) is 0 Å². The summed E-state index contributed by atoms with van der Waals surface area (Å²) >= 11 is 0. The summed E-state index contributed by atoms with van der Waals surface area (Å²) in [7, 11) is 0. The molecule has 3 aromatic rings. The molecular weight excluding hydrogens is 342 g/mol. The number of hydrogen-bond acceptors (Lipinski definition) is 5. The quantitative estimate of drug-likeness (QED) is 0.722. The number of nitrogens with zero attached hydrogens (tertiary/aromatic N) is 4. The molecule has 4 rings (SSSR count). The minimum absolute atomic E-state index is 0.175. The van der Waals surface area contributed by atoms with Crippen molar-refractivity contribution in [2.24, 2.45) is 5.73 Å². The van der Waals surface area contributed by atoms with Gasteiger partial charge in [-0.05, 0) is 37.1 Å². The van der Waals surface area contributed by atoms with E-state index in [-0.39, 0.29) is 18.6 Å². The molecule has 1 aliphatic heterocycles. The maximum Gasteiger partial charge on any atom is 0.237 e. The van der Waals surface area contributed by atoms with Crippen LogP contribution in [0.2, 0.25) is 0 Å². The van der Waals surface area contributed by atoms with Gasteiger partial charge in [-0.15, -0.1) is 0 Å². The lowest BCUT2D eigenvalue weighted by Gasteiger charge is -2.32. The number of hydrogen-bond donors (Lipinski definition) is 1. The number of carbonyl (C=O) groups is 1.